The van der Waals surface area contributed by atoms with Gasteiger partial charge in [0, 0.05) is 0 Å². The van der Waals surface area contributed by atoms with E-state index < -0.39 is 29.3 Å². The fourth-order valence-corrected chi connectivity index (χ4v) is 1.57. The molecule has 0 fully saturated rings. The number of carbonyl (C=O) groups is 2. The van der Waals surface area contributed by atoms with Crippen LogP contribution in [0.25, 0.3) is 0 Å². The summed E-state index contributed by atoms with van der Waals surface area (Å²) in [5, 5.41) is 8.95. The number of carboxylic acid groups (broad SMARTS) is 1. The normalized spacial score (nSPS) is 31.3. The number of hydrogen-bond acceptors (Lipinski definition) is 4. The van der Waals surface area contributed by atoms with Crippen molar-refractivity contribution in [2.75, 3.05) is 0 Å². The molecule has 5 N–H and O–H groups in total. The number of aliphatic carboxylic acids is 1. The molecule has 82 valence electrons. The van der Waals surface area contributed by atoms with Crippen LogP contribution < -0.4 is 11.5 Å². The van der Waals surface area contributed by atoms with Gasteiger partial charge in [0.2, 0.25) is 0 Å². The van der Waals surface area contributed by atoms with Crippen LogP contribution in [0.5, 0.6) is 0 Å². The van der Waals surface area contributed by atoms with Crippen molar-refractivity contribution in [1.29, 1.82) is 0 Å². The van der Waals surface area contributed by atoms with E-state index >= 15 is 0 Å². The summed E-state index contributed by atoms with van der Waals surface area (Å²) in [6, 6.07) is -0.784. The first kappa shape index (κ1) is 11.6. The highest BCUT2D eigenvalue weighted by molar-refractivity contribution is 5.99. The van der Waals surface area contributed by atoms with E-state index in [0.717, 1.165) is 0 Å². The fraction of sp³-hybridized carbons (Fsp3) is 0.400. The van der Waals surface area contributed by atoms with Crippen LogP contribution in [0.2, 0.25) is 0 Å². The molecule has 0 bridgehead atoms. The first-order valence-corrected chi connectivity index (χ1v) is 4.57. The molecule has 5 heteroatoms. The minimum Gasteiger partial charge on any atom is -0.481 e. The lowest BCUT2D eigenvalue weighted by molar-refractivity contribution is -0.144. The molecule has 5 nitrogen and oxygen atoms in total. The number of carboxylic acids is 1. The van der Waals surface area contributed by atoms with E-state index in [1.54, 1.807) is 12.2 Å². The molecular weight excluding hydrogens is 196 g/mol. The Morgan fingerprint density at radius 2 is 2.07 bits per heavy atom. The molecule has 3 atom stereocenters. The van der Waals surface area contributed by atoms with Crippen molar-refractivity contribution in [2.24, 2.45) is 17.4 Å². The van der Waals surface area contributed by atoms with Gasteiger partial charge in [-0.05, 0) is 6.92 Å². The average molecular weight is 210 g/mol. The highest BCUT2D eigenvalue weighted by Gasteiger charge is 2.44. The second-order valence-electron chi connectivity index (χ2n) is 3.65. The first-order valence-electron chi connectivity index (χ1n) is 4.57. The zero-order valence-electron chi connectivity index (χ0n) is 8.38. The van der Waals surface area contributed by atoms with Gasteiger partial charge in [-0.1, -0.05) is 24.3 Å². The molecule has 1 aliphatic carbocycles. The van der Waals surface area contributed by atoms with Gasteiger partial charge in [-0.3, -0.25) is 9.59 Å². The molecule has 15 heavy (non-hydrogen) atoms. The summed E-state index contributed by atoms with van der Waals surface area (Å²) in [5.74, 6) is -2.66. The monoisotopic (exact) mass is 210 g/mol. The Labute approximate surface area is 87.4 Å². The van der Waals surface area contributed by atoms with Crippen molar-refractivity contribution in [1.82, 2.24) is 0 Å². The largest absolute Gasteiger partial charge is 0.481 e. The predicted octanol–water partition coefficient (Wildman–Crippen LogP) is -0.573. The molecule has 0 heterocycles. The second kappa shape index (κ2) is 3.96. The third-order valence-corrected chi connectivity index (χ3v) is 2.41. The molecule has 0 amide bonds. The summed E-state index contributed by atoms with van der Waals surface area (Å²) in [7, 11) is 0. The van der Waals surface area contributed by atoms with Crippen LogP contribution in [-0.2, 0) is 9.59 Å². The van der Waals surface area contributed by atoms with Crippen molar-refractivity contribution >= 4 is 11.8 Å². The van der Waals surface area contributed by atoms with Crippen molar-refractivity contribution in [3.8, 4) is 0 Å². The smallest absolute Gasteiger partial charge is 0.313 e. The van der Waals surface area contributed by atoms with Crippen LogP contribution in [-0.4, -0.2) is 28.4 Å². The molecule has 0 radical (unpaired) electrons. The van der Waals surface area contributed by atoms with Gasteiger partial charge in [-0.25, -0.2) is 0 Å². The third kappa shape index (κ3) is 1.98. The summed E-state index contributed by atoms with van der Waals surface area (Å²) in [5.41, 5.74) is 9.70. The van der Waals surface area contributed by atoms with E-state index in [9.17, 15) is 9.59 Å². The van der Waals surface area contributed by atoms with Crippen LogP contribution >= 0.6 is 0 Å². The molecular formula is C10H14N2O3. The van der Waals surface area contributed by atoms with E-state index in [4.69, 9.17) is 16.6 Å². The van der Waals surface area contributed by atoms with E-state index in [1.807, 2.05) is 0 Å². The molecule has 0 saturated heterocycles. The van der Waals surface area contributed by atoms with E-state index in [0.29, 0.717) is 0 Å². The van der Waals surface area contributed by atoms with Gasteiger partial charge in [-0.2, -0.15) is 0 Å². The summed E-state index contributed by atoms with van der Waals surface area (Å²) in [6.45, 7) is 1.49. The molecule has 0 aliphatic heterocycles. The van der Waals surface area contributed by atoms with Crippen LogP contribution in [0.1, 0.15) is 6.92 Å². The maximum Gasteiger partial charge on any atom is 0.313 e. The summed E-state index contributed by atoms with van der Waals surface area (Å²) >= 11 is 0. The number of nitrogens with two attached hydrogens (primary N) is 2. The predicted molar refractivity (Wildman–Crippen MR) is 55.0 cm³/mol. The minimum atomic E-state index is -1.53. The lowest BCUT2D eigenvalue weighted by Crippen LogP contribution is -2.59. The molecule has 0 saturated carbocycles. The second-order valence-corrected chi connectivity index (χ2v) is 3.65. The molecule has 0 aromatic carbocycles. The number of Topliss-reactive ketones (excluding diaryl/α,β-unsaturated/α-hetero) is 1. The SMILES string of the molecule is CC(N)C(=O)C1(N)C=CC=CC1C(=O)O. The number of ketones is 1. The Morgan fingerprint density at radius 3 is 2.53 bits per heavy atom. The highest BCUT2D eigenvalue weighted by Crippen LogP contribution is 2.24. The van der Waals surface area contributed by atoms with Crippen LogP contribution in [0.15, 0.2) is 24.3 Å². The van der Waals surface area contributed by atoms with E-state index in [2.05, 4.69) is 0 Å². The van der Waals surface area contributed by atoms with Gasteiger partial charge in [0.15, 0.2) is 5.78 Å². The Balaban J connectivity index is 3.09. The molecule has 1 rings (SSSR count). The Hall–Kier alpha value is -1.46. The zero-order valence-corrected chi connectivity index (χ0v) is 8.38. The lowest BCUT2D eigenvalue weighted by atomic mass is 9.76. The van der Waals surface area contributed by atoms with Crippen LogP contribution in [0, 0.1) is 5.92 Å². The van der Waals surface area contributed by atoms with Crippen molar-refractivity contribution in [2.45, 2.75) is 18.5 Å². The third-order valence-electron chi connectivity index (χ3n) is 2.41. The molecule has 0 aromatic heterocycles. The summed E-state index contributed by atoms with van der Waals surface area (Å²) in [6.07, 6.45) is 5.89. The lowest BCUT2D eigenvalue weighted by Gasteiger charge is -2.32. The van der Waals surface area contributed by atoms with Gasteiger partial charge in [0.05, 0.1) is 6.04 Å². The van der Waals surface area contributed by atoms with Gasteiger partial charge in [0.25, 0.3) is 0 Å². The molecule has 0 spiro atoms. The Morgan fingerprint density at radius 1 is 1.47 bits per heavy atom. The van der Waals surface area contributed by atoms with Crippen molar-refractivity contribution in [3.05, 3.63) is 24.3 Å². The summed E-state index contributed by atoms with van der Waals surface area (Å²) in [4.78, 5) is 22.7. The molecule has 0 aromatic rings. The molecule has 1 aliphatic rings. The van der Waals surface area contributed by atoms with Gasteiger partial charge in [-0.15, -0.1) is 0 Å². The topological polar surface area (TPSA) is 106 Å². The zero-order chi connectivity index (χ0) is 11.6. The maximum atomic E-state index is 11.7. The van der Waals surface area contributed by atoms with Gasteiger partial charge in [0.1, 0.15) is 11.5 Å². The first-order chi connectivity index (χ1) is 6.89. The maximum absolute atomic E-state index is 11.7. The standard InChI is InChI=1S/C10H14N2O3/c1-6(11)8(13)10(12)5-3-2-4-7(10)9(14)15/h2-7H,11-12H2,1H3,(H,14,15). The van der Waals surface area contributed by atoms with Gasteiger partial charge < -0.3 is 16.6 Å². The number of carbonyl (C=O) groups excluding carboxylic acids is 1. The minimum absolute atomic E-state index is 0.476. The number of hydrogen-bond donors (Lipinski definition) is 3. The van der Waals surface area contributed by atoms with Crippen LogP contribution in [0.4, 0.5) is 0 Å². The fourth-order valence-electron chi connectivity index (χ4n) is 1.57. The molecule has 3 unspecified atom stereocenters. The average Bonchev–Trinajstić information content (AvgIpc) is 2.16. The Bertz CT molecular complexity index is 347. The van der Waals surface area contributed by atoms with Crippen molar-refractivity contribution < 1.29 is 14.7 Å². The number of allylic oxidation sites excluding steroid dienone is 2. The quantitative estimate of drug-likeness (QED) is 0.578. The Kier molecular flexibility index (Phi) is 3.06. The van der Waals surface area contributed by atoms with E-state index in [-0.39, 0.29) is 0 Å². The van der Waals surface area contributed by atoms with Crippen molar-refractivity contribution in [3.63, 3.8) is 0 Å². The number of rotatable bonds is 3. The highest BCUT2D eigenvalue weighted by atomic mass is 16.4. The van der Waals surface area contributed by atoms with E-state index in [1.165, 1.54) is 19.1 Å². The van der Waals surface area contributed by atoms with Gasteiger partial charge >= 0.3 is 5.97 Å². The summed E-state index contributed by atoms with van der Waals surface area (Å²) < 4.78 is 0. The van der Waals surface area contributed by atoms with Crippen LogP contribution in [0.3, 0.4) is 0 Å².